The highest BCUT2D eigenvalue weighted by Crippen LogP contribution is 2.31. The van der Waals surface area contributed by atoms with E-state index in [0.717, 1.165) is 6.42 Å². The van der Waals surface area contributed by atoms with Crippen LogP contribution < -0.4 is 0 Å². The largest absolute Gasteiger partial charge is 0.368 e. The Morgan fingerprint density at radius 2 is 1.93 bits per heavy atom. The second-order valence-corrected chi connectivity index (χ2v) is 3.98. The first kappa shape index (κ1) is 9.69. The second kappa shape index (κ2) is 4.11. The lowest BCUT2D eigenvalue weighted by Gasteiger charge is -2.31. The Hall–Kier alpha value is -0.860. The molecule has 0 aromatic heterocycles. The molecule has 0 amide bonds. The van der Waals surface area contributed by atoms with Crippen LogP contribution in [0.15, 0.2) is 30.3 Å². The summed E-state index contributed by atoms with van der Waals surface area (Å²) in [6, 6.07) is 10.3. The summed E-state index contributed by atoms with van der Waals surface area (Å²) < 4.78 is 5.29. The lowest BCUT2D eigenvalue weighted by atomic mass is 9.88. The molecule has 76 valence electrons. The molecule has 0 radical (unpaired) electrons. The summed E-state index contributed by atoms with van der Waals surface area (Å²) in [5.74, 6) is 0.440. The highest BCUT2D eigenvalue weighted by molar-refractivity contribution is 5.20. The molecule has 1 saturated heterocycles. The van der Waals surface area contributed by atoms with E-state index in [0.29, 0.717) is 12.3 Å². The first-order valence-corrected chi connectivity index (χ1v) is 5.14. The van der Waals surface area contributed by atoms with Crippen molar-refractivity contribution in [2.45, 2.75) is 38.1 Å². The zero-order valence-electron chi connectivity index (χ0n) is 8.39. The van der Waals surface area contributed by atoms with Crippen molar-refractivity contribution in [1.82, 2.24) is 0 Å². The average Bonchev–Trinajstić information content (AvgIpc) is 2.18. The van der Waals surface area contributed by atoms with E-state index in [1.165, 1.54) is 5.56 Å². The van der Waals surface area contributed by atoms with Crippen LogP contribution in [0.1, 0.15) is 31.2 Å². The Bertz CT molecular complexity index is 274. The smallest absolute Gasteiger partial charge is 0.155 e. The lowest BCUT2D eigenvalue weighted by molar-refractivity contribution is -0.162. The fourth-order valence-electron chi connectivity index (χ4n) is 2.12. The van der Waals surface area contributed by atoms with Crippen molar-refractivity contribution < 1.29 is 9.84 Å². The van der Waals surface area contributed by atoms with Crippen LogP contribution in [-0.2, 0) is 4.74 Å². The summed E-state index contributed by atoms with van der Waals surface area (Å²) in [6.07, 6.45) is 1.28. The molecule has 1 fully saturated rings. The van der Waals surface area contributed by atoms with Gasteiger partial charge >= 0.3 is 0 Å². The van der Waals surface area contributed by atoms with Crippen molar-refractivity contribution >= 4 is 0 Å². The molecule has 1 unspecified atom stereocenters. The lowest BCUT2D eigenvalue weighted by Crippen LogP contribution is -2.29. The molecular formula is C12H16O2. The molecule has 1 aliphatic heterocycles. The summed E-state index contributed by atoms with van der Waals surface area (Å²) >= 11 is 0. The van der Waals surface area contributed by atoms with Crippen LogP contribution in [0.5, 0.6) is 0 Å². The normalized spacial score (nSPS) is 32.9. The van der Waals surface area contributed by atoms with E-state index in [1.54, 1.807) is 0 Å². The van der Waals surface area contributed by atoms with Crippen molar-refractivity contribution in [3.63, 3.8) is 0 Å². The Balaban J connectivity index is 2.11. The quantitative estimate of drug-likeness (QED) is 0.739. The van der Waals surface area contributed by atoms with Crippen LogP contribution in [0.25, 0.3) is 0 Å². The van der Waals surface area contributed by atoms with E-state index >= 15 is 0 Å². The Morgan fingerprint density at radius 1 is 1.21 bits per heavy atom. The molecule has 2 rings (SSSR count). The number of ether oxygens (including phenoxy) is 1. The van der Waals surface area contributed by atoms with Crippen molar-refractivity contribution in [2.24, 2.45) is 0 Å². The number of rotatable bonds is 1. The number of benzene rings is 1. The van der Waals surface area contributed by atoms with Crippen molar-refractivity contribution in [1.29, 1.82) is 0 Å². The summed E-state index contributed by atoms with van der Waals surface area (Å²) in [6.45, 7) is 2.01. The molecule has 1 aromatic carbocycles. The van der Waals surface area contributed by atoms with Gasteiger partial charge in [0.15, 0.2) is 6.29 Å². The van der Waals surface area contributed by atoms with E-state index in [1.807, 2.05) is 25.1 Å². The number of hydrogen-bond acceptors (Lipinski definition) is 2. The third-order valence-electron chi connectivity index (χ3n) is 2.76. The standard InChI is InChI=1S/C12H16O2/c1-9-7-11(8-12(13)14-9)10-5-3-2-4-6-10/h2-6,9,11-13H,7-8H2,1H3/t9-,11-,12?/m0/s1. The molecule has 1 aromatic rings. The number of aliphatic hydroxyl groups excluding tert-OH is 1. The van der Waals surface area contributed by atoms with Crippen LogP contribution in [0.3, 0.4) is 0 Å². The minimum absolute atomic E-state index is 0.156. The van der Waals surface area contributed by atoms with E-state index in [-0.39, 0.29) is 6.10 Å². The zero-order chi connectivity index (χ0) is 9.97. The topological polar surface area (TPSA) is 29.5 Å². The monoisotopic (exact) mass is 192 g/mol. The van der Waals surface area contributed by atoms with E-state index < -0.39 is 6.29 Å². The first-order chi connectivity index (χ1) is 6.75. The molecule has 1 N–H and O–H groups in total. The SMILES string of the molecule is C[C@H]1C[C@H](c2ccccc2)CC(O)O1. The minimum atomic E-state index is -0.594. The average molecular weight is 192 g/mol. The van der Waals surface area contributed by atoms with Gasteiger partial charge in [-0.05, 0) is 24.8 Å². The maximum Gasteiger partial charge on any atom is 0.155 e. The molecule has 2 nitrogen and oxygen atoms in total. The van der Waals surface area contributed by atoms with Gasteiger partial charge in [-0.2, -0.15) is 0 Å². The molecule has 3 atom stereocenters. The van der Waals surface area contributed by atoms with E-state index in [4.69, 9.17) is 4.74 Å². The van der Waals surface area contributed by atoms with Gasteiger partial charge in [-0.15, -0.1) is 0 Å². The first-order valence-electron chi connectivity index (χ1n) is 5.14. The molecule has 0 saturated carbocycles. The van der Waals surface area contributed by atoms with Gasteiger partial charge < -0.3 is 9.84 Å². The molecule has 1 heterocycles. The zero-order valence-corrected chi connectivity index (χ0v) is 8.39. The molecule has 14 heavy (non-hydrogen) atoms. The number of aliphatic hydroxyl groups is 1. The van der Waals surface area contributed by atoms with Gasteiger partial charge in [0.25, 0.3) is 0 Å². The predicted octanol–water partition coefficient (Wildman–Crippen LogP) is 2.29. The molecular weight excluding hydrogens is 176 g/mol. The molecule has 0 aliphatic carbocycles. The van der Waals surface area contributed by atoms with Gasteiger partial charge in [0.2, 0.25) is 0 Å². The fourth-order valence-corrected chi connectivity index (χ4v) is 2.12. The minimum Gasteiger partial charge on any atom is -0.368 e. The van der Waals surface area contributed by atoms with E-state index in [2.05, 4.69) is 12.1 Å². The maximum atomic E-state index is 9.49. The Labute approximate surface area is 84.5 Å². The molecule has 0 spiro atoms. The summed E-state index contributed by atoms with van der Waals surface area (Å²) in [5, 5.41) is 9.49. The molecule has 0 bridgehead atoms. The molecule has 2 heteroatoms. The van der Waals surface area contributed by atoms with Gasteiger partial charge in [-0.3, -0.25) is 0 Å². The summed E-state index contributed by atoms with van der Waals surface area (Å²) in [4.78, 5) is 0. The van der Waals surface area contributed by atoms with Crippen molar-refractivity contribution in [3.05, 3.63) is 35.9 Å². The van der Waals surface area contributed by atoms with Gasteiger partial charge in [-0.25, -0.2) is 0 Å². The number of hydrogen-bond donors (Lipinski definition) is 1. The maximum absolute atomic E-state index is 9.49. The predicted molar refractivity (Wildman–Crippen MR) is 55.0 cm³/mol. The van der Waals surface area contributed by atoms with Gasteiger partial charge in [0, 0.05) is 6.42 Å². The van der Waals surface area contributed by atoms with Crippen LogP contribution in [-0.4, -0.2) is 17.5 Å². The highest BCUT2D eigenvalue weighted by atomic mass is 16.6. The third kappa shape index (κ3) is 2.14. The van der Waals surface area contributed by atoms with Crippen molar-refractivity contribution in [3.8, 4) is 0 Å². The Kier molecular flexibility index (Phi) is 2.85. The van der Waals surface area contributed by atoms with Crippen molar-refractivity contribution in [2.75, 3.05) is 0 Å². The van der Waals surface area contributed by atoms with Crippen LogP contribution in [0, 0.1) is 0 Å². The summed E-state index contributed by atoms with van der Waals surface area (Å²) in [7, 11) is 0. The molecule has 1 aliphatic rings. The Morgan fingerprint density at radius 3 is 2.57 bits per heavy atom. The van der Waals surface area contributed by atoms with Gasteiger partial charge in [0.05, 0.1) is 6.10 Å². The highest BCUT2D eigenvalue weighted by Gasteiger charge is 2.26. The van der Waals surface area contributed by atoms with Crippen LogP contribution >= 0.6 is 0 Å². The van der Waals surface area contributed by atoms with Gasteiger partial charge in [-0.1, -0.05) is 30.3 Å². The third-order valence-corrected chi connectivity index (χ3v) is 2.76. The second-order valence-electron chi connectivity index (χ2n) is 3.98. The van der Waals surface area contributed by atoms with Gasteiger partial charge in [0.1, 0.15) is 0 Å². The van der Waals surface area contributed by atoms with E-state index in [9.17, 15) is 5.11 Å². The van der Waals surface area contributed by atoms with Crippen LogP contribution in [0.2, 0.25) is 0 Å². The summed E-state index contributed by atoms with van der Waals surface area (Å²) in [5.41, 5.74) is 1.31. The fraction of sp³-hybridized carbons (Fsp3) is 0.500. The van der Waals surface area contributed by atoms with Crippen LogP contribution in [0.4, 0.5) is 0 Å².